The summed E-state index contributed by atoms with van der Waals surface area (Å²) in [5, 5.41) is 2.65. The van der Waals surface area contributed by atoms with Crippen LogP contribution in [0.2, 0.25) is 0 Å². The molecule has 2 aromatic carbocycles. The first-order valence-electron chi connectivity index (χ1n) is 10.1. The molecule has 1 aliphatic carbocycles. The van der Waals surface area contributed by atoms with Crippen LogP contribution in [0.4, 0.5) is 10.1 Å². The number of carbonyl (C=O) groups excluding carboxylic acids is 2. The lowest BCUT2D eigenvalue weighted by atomic mass is 10.0. The average Bonchev–Trinajstić information content (AvgIpc) is 3.24. The minimum absolute atomic E-state index is 0.0520. The minimum Gasteiger partial charge on any atom is -0.353 e. The van der Waals surface area contributed by atoms with Gasteiger partial charge in [0.15, 0.2) is 0 Å². The molecule has 152 valence electrons. The molecule has 1 fully saturated rings. The molecule has 0 spiro atoms. The maximum atomic E-state index is 13.4. The summed E-state index contributed by atoms with van der Waals surface area (Å²) in [6.07, 6.45) is 4.33. The molecule has 6 heteroatoms. The topological polar surface area (TPSA) is 49.4 Å². The van der Waals surface area contributed by atoms with Gasteiger partial charge in [0.2, 0.25) is 11.8 Å². The van der Waals surface area contributed by atoms with Crippen LogP contribution in [0.15, 0.2) is 53.4 Å². The monoisotopic (exact) mass is 412 g/mol. The second-order valence-electron chi connectivity index (χ2n) is 7.84. The van der Waals surface area contributed by atoms with Crippen LogP contribution in [0.1, 0.15) is 38.2 Å². The number of benzene rings is 2. The molecule has 1 saturated carbocycles. The number of hydrogen-bond donors (Lipinski definition) is 1. The van der Waals surface area contributed by atoms with Gasteiger partial charge in [-0.15, -0.1) is 11.8 Å². The second-order valence-corrected chi connectivity index (χ2v) is 9.02. The van der Waals surface area contributed by atoms with Crippen LogP contribution in [0, 0.1) is 11.7 Å². The zero-order chi connectivity index (χ0) is 20.4. The third-order valence-corrected chi connectivity index (χ3v) is 7.21. The molecule has 1 heterocycles. The lowest BCUT2D eigenvalue weighted by Gasteiger charge is -2.36. The van der Waals surface area contributed by atoms with Gasteiger partial charge < -0.3 is 10.2 Å². The Morgan fingerprint density at radius 1 is 1.17 bits per heavy atom. The zero-order valence-corrected chi connectivity index (χ0v) is 17.3. The first-order valence-corrected chi connectivity index (χ1v) is 11.0. The van der Waals surface area contributed by atoms with E-state index >= 15 is 0 Å². The number of amides is 2. The van der Waals surface area contributed by atoms with Crippen molar-refractivity contribution >= 4 is 29.3 Å². The highest BCUT2D eigenvalue weighted by Gasteiger charge is 2.39. The van der Waals surface area contributed by atoms with Crippen LogP contribution >= 0.6 is 11.8 Å². The first-order chi connectivity index (χ1) is 14.0. The summed E-state index contributed by atoms with van der Waals surface area (Å²) >= 11 is 1.46. The van der Waals surface area contributed by atoms with Crippen molar-refractivity contribution in [2.24, 2.45) is 5.92 Å². The number of fused-ring (bicyclic) bond motifs is 1. The molecule has 4 rings (SSSR count). The van der Waals surface area contributed by atoms with Gasteiger partial charge in [0.25, 0.3) is 0 Å². The largest absolute Gasteiger partial charge is 0.353 e. The third kappa shape index (κ3) is 4.32. The van der Waals surface area contributed by atoms with Crippen molar-refractivity contribution in [3.63, 3.8) is 0 Å². The van der Waals surface area contributed by atoms with E-state index in [1.54, 1.807) is 17.0 Å². The molecule has 2 amide bonds. The fourth-order valence-electron chi connectivity index (χ4n) is 4.03. The standard InChI is InChI=1S/C23H25FN2O2S/c1-15(22(27)25-18-6-2-3-7-18)21-23(28)26(14-16-10-12-17(24)13-11-16)19-8-4-5-9-20(19)29-21/h4-5,8-13,15,18,21H,2-3,6-7,14H2,1H3,(H,25,27)/t15-,21+/m0/s1. The maximum Gasteiger partial charge on any atom is 0.241 e. The van der Waals surface area contributed by atoms with Crippen molar-refractivity contribution in [1.29, 1.82) is 0 Å². The van der Waals surface area contributed by atoms with Gasteiger partial charge in [-0.1, -0.05) is 44.0 Å². The van der Waals surface area contributed by atoms with E-state index in [0.717, 1.165) is 41.8 Å². The number of nitrogens with one attached hydrogen (secondary N) is 1. The van der Waals surface area contributed by atoms with Crippen molar-refractivity contribution in [3.8, 4) is 0 Å². The highest BCUT2D eigenvalue weighted by molar-refractivity contribution is 8.01. The summed E-state index contributed by atoms with van der Waals surface area (Å²) in [4.78, 5) is 28.9. The first kappa shape index (κ1) is 20.0. The van der Waals surface area contributed by atoms with Gasteiger partial charge >= 0.3 is 0 Å². The van der Waals surface area contributed by atoms with Gasteiger partial charge in [-0.2, -0.15) is 0 Å². The van der Waals surface area contributed by atoms with E-state index in [1.165, 1.54) is 23.9 Å². The van der Waals surface area contributed by atoms with E-state index in [9.17, 15) is 14.0 Å². The van der Waals surface area contributed by atoms with Gasteiger partial charge in [-0.3, -0.25) is 9.59 Å². The Balaban J connectivity index is 1.57. The van der Waals surface area contributed by atoms with Crippen LogP contribution in [0.25, 0.3) is 0 Å². The highest BCUT2D eigenvalue weighted by atomic mass is 32.2. The van der Waals surface area contributed by atoms with E-state index in [2.05, 4.69) is 5.32 Å². The molecule has 29 heavy (non-hydrogen) atoms. The fourth-order valence-corrected chi connectivity index (χ4v) is 5.32. The van der Waals surface area contributed by atoms with Crippen LogP contribution < -0.4 is 10.2 Å². The molecular weight excluding hydrogens is 387 g/mol. The normalized spacial score (nSPS) is 20.4. The van der Waals surface area contributed by atoms with Gasteiger partial charge in [-0.05, 0) is 42.7 Å². The number of carbonyl (C=O) groups is 2. The number of rotatable bonds is 5. The molecule has 0 radical (unpaired) electrons. The van der Waals surface area contributed by atoms with Crippen molar-refractivity contribution in [1.82, 2.24) is 5.32 Å². The van der Waals surface area contributed by atoms with Crippen molar-refractivity contribution in [2.45, 2.75) is 55.3 Å². The summed E-state index contributed by atoms with van der Waals surface area (Å²) in [6, 6.07) is 14.2. The quantitative estimate of drug-likeness (QED) is 0.785. The van der Waals surface area contributed by atoms with Gasteiger partial charge in [0.05, 0.1) is 18.2 Å². The summed E-state index contributed by atoms with van der Waals surface area (Å²) in [6.45, 7) is 2.19. The Bertz CT molecular complexity index is 896. The van der Waals surface area contributed by atoms with E-state index in [1.807, 2.05) is 31.2 Å². The molecule has 0 bridgehead atoms. The smallest absolute Gasteiger partial charge is 0.241 e. The number of halogens is 1. The second kappa shape index (κ2) is 8.57. The van der Waals surface area contributed by atoms with Crippen LogP contribution in [-0.4, -0.2) is 23.1 Å². The molecule has 2 aromatic rings. The highest BCUT2D eigenvalue weighted by Crippen LogP contribution is 2.42. The number of anilines is 1. The zero-order valence-electron chi connectivity index (χ0n) is 16.4. The molecule has 2 aliphatic rings. The number of nitrogens with zero attached hydrogens (tertiary/aromatic N) is 1. The molecule has 0 aromatic heterocycles. The summed E-state index contributed by atoms with van der Waals surface area (Å²) in [7, 11) is 0. The lowest BCUT2D eigenvalue weighted by molar-refractivity contribution is -0.128. The Morgan fingerprint density at radius 3 is 2.59 bits per heavy atom. The van der Waals surface area contributed by atoms with Gasteiger partial charge in [0.1, 0.15) is 11.1 Å². The molecule has 0 saturated heterocycles. The van der Waals surface area contributed by atoms with Gasteiger partial charge in [-0.25, -0.2) is 4.39 Å². The maximum absolute atomic E-state index is 13.4. The summed E-state index contributed by atoms with van der Waals surface area (Å²) < 4.78 is 13.3. The van der Waals surface area contributed by atoms with E-state index < -0.39 is 11.2 Å². The number of hydrogen-bond acceptors (Lipinski definition) is 3. The average molecular weight is 413 g/mol. The van der Waals surface area contributed by atoms with E-state index in [-0.39, 0.29) is 23.7 Å². The van der Waals surface area contributed by atoms with Crippen LogP contribution in [-0.2, 0) is 16.1 Å². The van der Waals surface area contributed by atoms with Crippen LogP contribution in [0.3, 0.4) is 0 Å². The summed E-state index contributed by atoms with van der Waals surface area (Å²) in [5.41, 5.74) is 1.69. The minimum atomic E-state index is -0.480. The predicted octanol–water partition coefficient (Wildman–Crippen LogP) is 4.53. The Morgan fingerprint density at radius 2 is 1.86 bits per heavy atom. The molecular formula is C23H25FN2O2S. The number of para-hydroxylation sites is 1. The van der Waals surface area contributed by atoms with E-state index in [4.69, 9.17) is 0 Å². The SMILES string of the molecule is C[C@H](C(=O)NC1CCCC1)[C@H]1Sc2ccccc2N(Cc2ccc(F)cc2)C1=O. The summed E-state index contributed by atoms with van der Waals surface area (Å²) in [5.74, 6) is -0.863. The lowest BCUT2D eigenvalue weighted by Crippen LogP contribution is -2.48. The van der Waals surface area contributed by atoms with E-state index in [0.29, 0.717) is 6.54 Å². The third-order valence-electron chi connectivity index (χ3n) is 5.74. The fraction of sp³-hybridized carbons (Fsp3) is 0.391. The van der Waals surface area contributed by atoms with Crippen molar-refractivity contribution in [3.05, 3.63) is 59.9 Å². The van der Waals surface area contributed by atoms with Crippen LogP contribution in [0.5, 0.6) is 0 Å². The Labute approximate surface area is 174 Å². The molecule has 1 N–H and O–H groups in total. The Kier molecular flexibility index (Phi) is 5.90. The van der Waals surface area contributed by atoms with Crippen molar-refractivity contribution < 1.29 is 14.0 Å². The van der Waals surface area contributed by atoms with Crippen molar-refractivity contribution in [2.75, 3.05) is 4.90 Å². The molecule has 4 nitrogen and oxygen atoms in total. The molecule has 0 unspecified atom stereocenters. The Hall–Kier alpha value is -2.34. The molecule has 1 aliphatic heterocycles. The number of thioether (sulfide) groups is 1. The van der Waals surface area contributed by atoms with Gasteiger partial charge in [0, 0.05) is 10.9 Å². The molecule has 2 atom stereocenters. The predicted molar refractivity (Wildman–Crippen MR) is 113 cm³/mol.